The molecule has 2 aliphatic heterocycles. The minimum atomic E-state index is -3.37. The first-order valence-corrected chi connectivity index (χ1v) is 9.12. The predicted molar refractivity (Wildman–Crippen MR) is 85.1 cm³/mol. The molecule has 1 aromatic carbocycles. The Kier molecular flexibility index (Phi) is 3.53. The minimum absolute atomic E-state index is 0.0794. The van der Waals surface area contributed by atoms with E-state index in [2.05, 4.69) is 19.2 Å². The van der Waals surface area contributed by atoms with E-state index in [1.807, 2.05) is 13.0 Å². The number of benzene rings is 1. The fourth-order valence-electron chi connectivity index (χ4n) is 3.37. The highest BCUT2D eigenvalue weighted by Gasteiger charge is 2.38. The summed E-state index contributed by atoms with van der Waals surface area (Å²) >= 11 is 0. The molecule has 1 aromatic rings. The molecule has 21 heavy (non-hydrogen) atoms. The third-order valence-electron chi connectivity index (χ3n) is 4.64. The summed E-state index contributed by atoms with van der Waals surface area (Å²) in [6.45, 7) is 8.47. The lowest BCUT2D eigenvalue weighted by molar-refractivity contribution is 0.375. The molecule has 0 spiro atoms. The summed E-state index contributed by atoms with van der Waals surface area (Å²) in [7, 11) is -3.37. The van der Waals surface area contributed by atoms with Gasteiger partial charge >= 0.3 is 0 Å². The summed E-state index contributed by atoms with van der Waals surface area (Å²) in [5.41, 5.74) is 3.22. The Balaban J connectivity index is 2.04. The van der Waals surface area contributed by atoms with E-state index in [1.54, 1.807) is 10.4 Å². The molecule has 4 nitrogen and oxygen atoms in total. The molecule has 0 bridgehead atoms. The van der Waals surface area contributed by atoms with Crippen LogP contribution < -0.4 is 5.32 Å². The van der Waals surface area contributed by atoms with Crippen LogP contribution >= 0.6 is 0 Å². The number of sulfonamides is 1. The summed E-state index contributed by atoms with van der Waals surface area (Å²) in [5.74, 6) is 0. The smallest absolute Gasteiger partial charge is 0.243 e. The van der Waals surface area contributed by atoms with E-state index >= 15 is 0 Å². The van der Waals surface area contributed by atoms with Crippen molar-refractivity contribution in [3.8, 4) is 0 Å². The number of aryl methyl sites for hydroxylation is 1. The summed E-state index contributed by atoms with van der Waals surface area (Å²) in [6.07, 6.45) is 2.76. The van der Waals surface area contributed by atoms with Crippen LogP contribution in [0.2, 0.25) is 0 Å². The van der Waals surface area contributed by atoms with Gasteiger partial charge in [-0.3, -0.25) is 0 Å². The van der Waals surface area contributed by atoms with Gasteiger partial charge in [0.15, 0.2) is 0 Å². The van der Waals surface area contributed by atoms with Crippen LogP contribution in [-0.2, 0) is 16.4 Å². The molecule has 0 unspecified atom stereocenters. The molecule has 1 N–H and O–H groups in total. The van der Waals surface area contributed by atoms with Gasteiger partial charge in [0.25, 0.3) is 0 Å². The molecule has 1 fully saturated rings. The maximum Gasteiger partial charge on any atom is 0.243 e. The number of nitrogens with zero attached hydrogens (tertiary/aromatic N) is 1. The molecule has 0 amide bonds. The summed E-state index contributed by atoms with van der Waals surface area (Å²) in [6, 6.07) is 3.72. The Hall–Kier alpha value is -1.07. The van der Waals surface area contributed by atoms with Crippen molar-refractivity contribution in [2.75, 3.05) is 25.0 Å². The van der Waals surface area contributed by atoms with Crippen molar-refractivity contribution in [1.29, 1.82) is 0 Å². The van der Waals surface area contributed by atoms with Crippen LogP contribution in [0.15, 0.2) is 17.0 Å². The quantitative estimate of drug-likeness (QED) is 0.914. The van der Waals surface area contributed by atoms with Crippen molar-refractivity contribution in [3.05, 3.63) is 23.3 Å². The molecule has 0 saturated carbocycles. The number of rotatable bonds is 2. The molecule has 2 heterocycles. The van der Waals surface area contributed by atoms with E-state index in [0.717, 1.165) is 42.6 Å². The topological polar surface area (TPSA) is 49.4 Å². The van der Waals surface area contributed by atoms with E-state index in [-0.39, 0.29) is 5.41 Å². The third-order valence-corrected chi connectivity index (χ3v) is 6.57. The molecule has 0 aromatic heterocycles. The Labute approximate surface area is 127 Å². The van der Waals surface area contributed by atoms with Gasteiger partial charge in [0, 0.05) is 25.3 Å². The first-order chi connectivity index (χ1) is 9.81. The van der Waals surface area contributed by atoms with Gasteiger partial charge in [-0.15, -0.1) is 0 Å². The van der Waals surface area contributed by atoms with E-state index in [9.17, 15) is 8.42 Å². The van der Waals surface area contributed by atoms with Crippen molar-refractivity contribution in [3.63, 3.8) is 0 Å². The van der Waals surface area contributed by atoms with E-state index in [1.165, 1.54) is 0 Å². The Morgan fingerprint density at radius 2 is 2.05 bits per heavy atom. The number of anilines is 1. The van der Waals surface area contributed by atoms with Gasteiger partial charge in [-0.1, -0.05) is 19.9 Å². The predicted octanol–water partition coefficient (Wildman–Crippen LogP) is 2.77. The van der Waals surface area contributed by atoms with Gasteiger partial charge in [-0.25, -0.2) is 8.42 Å². The fourth-order valence-corrected chi connectivity index (χ4v) is 5.25. The lowest BCUT2D eigenvalue weighted by atomic mass is 9.93. The van der Waals surface area contributed by atoms with Crippen molar-refractivity contribution >= 4 is 15.7 Å². The highest BCUT2D eigenvalue weighted by atomic mass is 32.2. The normalized spacial score (nSPS) is 21.9. The van der Waals surface area contributed by atoms with Gasteiger partial charge in [-0.2, -0.15) is 4.31 Å². The molecular weight excluding hydrogens is 284 g/mol. The van der Waals surface area contributed by atoms with Gasteiger partial charge in [0.1, 0.15) is 0 Å². The highest BCUT2D eigenvalue weighted by molar-refractivity contribution is 7.89. The van der Waals surface area contributed by atoms with Crippen molar-refractivity contribution in [2.45, 2.75) is 44.9 Å². The number of nitrogens with one attached hydrogen (secondary N) is 1. The molecule has 1 saturated heterocycles. The third kappa shape index (κ3) is 2.57. The summed E-state index contributed by atoms with van der Waals surface area (Å²) in [4.78, 5) is 0.507. The second-order valence-electron chi connectivity index (χ2n) is 7.02. The van der Waals surface area contributed by atoms with Crippen LogP contribution in [-0.4, -0.2) is 32.4 Å². The lowest BCUT2D eigenvalue weighted by Crippen LogP contribution is -2.31. The first-order valence-electron chi connectivity index (χ1n) is 7.68. The van der Waals surface area contributed by atoms with Gasteiger partial charge in [0.2, 0.25) is 10.0 Å². The zero-order chi connectivity index (χ0) is 15.3. The highest BCUT2D eigenvalue weighted by Crippen LogP contribution is 2.37. The van der Waals surface area contributed by atoms with Gasteiger partial charge < -0.3 is 5.32 Å². The van der Waals surface area contributed by atoms with Crippen LogP contribution in [0.4, 0.5) is 5.69 Å². The molecule has 116 valence electrons. The van der Waals surface area contributed by atoms with Crippen molar-refractivity contribution in [1.82, 2.24) is 4.31 Å². The molecule has 0 atom stereocenters. The van der Waals surface area contributed by atoms with E-state index in [0.29, 0.717) is 18.0 Å². The van der Waals surface area contributed by atoms with Crippen molar-refractivity contribution in [2.24, 2.45) is 5.41 Å². The second-order valence-corrected chi connectivity index (χ2v) is 8.92. The van der Waals surface area contributed by atoms with Crippen LogP contribution in [0.25, 0.3) is 0 Å². The maximum atomic E-state index is 13.0. The molecule has 0 aliphatic carbocycles. The number of hydrogen-bond acceptors (Lipinski definition) is 3. The summed E-state index contributed by atoms with van der Waals surface area (Å²) < 4.78 is 27.7. The molecule has 3 rings (SSSR count). The van der Waals surface area contributed by atoms with Gasteiger partial charge in [-0.05, 0) is 48.8 Å². The van der Waals surface area contributed by atoms with Crippen LogP contribution in [0.5, 0.6) is 0 Å². The zero-order valence-corrected chi connectivity index (χ0v) is 13.9. The summed E-state index contributed by atoms with van der Waals surface area (Å²) in [5, 5.41) is 3.37. The standard InChI is InChI=1S/C16H24N2O2S/c1-12-6-7-14(13-5-4-9-17-15(12)13)21(19,20)18-10-8-16(2,3)11-18/h6-7,17H,4-5,8-11H2,1-3H3. The van der Waals surface area contributed by atoms with Crippen LogP contribution in [0.1, 0.15) is 37.8 Å². The Morgan fingerprint density at radius 1 is 1.29 bits per heavy atom. The number of hydrogen-bond donors (Lipinski definition) is 1. The average molecular weight is 308 g/mol. The van der Waals surface area contributed by atoms with Gasteiger partial charge in [0.05, 0.1) is 4.90 Å². The fraction of sp³-hybridized carbons (Fsp3) is 0.625. The van der Waals surface area contributed by atoms with Crippen LogP contribution in [0, 0.1) is 12.3 Å². The SMILES string of the molecule is Cc1ccc(S(=O)(=O)N2CCC(C)(C)C2)c2c1NCCC2. The largest absolute Gasteiger partial charge is 0.385 e. The van der Waals surface area contributed by atoms with Crippen LogP contribution in [0.3, 0.4) is 0 Å². The molecule has 0 radical (unpaired) electrons. The lowest BCUT2D eigenvalue weighted by Gasteiger charge is -2.26. The molecule has 5 heteroatoms. The average Bonchev–Trinajstić information content (AvgIpc) is 2.80. The molecule has 2 aliphatic rings. The van der Waals surface area contributed by atoms with E-state index < -0.39 is 10.0 Å². The van der Waals surface area contributed by atoms with Crippen molar-refractivity contribution < 1.29 is 8.42 Å². The monoisotopic (exact) mass is 308 g/mol. The second kappa shape index (κ2) is 4.99. The molecular formula is C16H24N2O2S. The Bertz CT molecular complexity index is 665. The minimum Gasteiger partial charge on any atom is -0.385 e. The number of fused-ring (bicyclic) bond motifs is 1. The Morgan fingerprint density at radius 3 is 2.71 bits per heavy atom. The van der Waals surface area contributed by atoms with E-state index in [4.69, 9.17) is 0 Å². The first kappa shape index (κ1) is 14.9. The zero-order valence-electron chi connectivity index (χ0n) is 13.1. The maximum absolute atomic E-state index is 13.0.